The van der Waals surface area contributed by atoms with Crippen LogP contribution in [0.1, 0.15) is 36.9 Å². The first kappa shape index (κ1) is 29.8. The first-order chi connectivity index (χ1) is 19.0. The molecule has 1 fully saturated rings. The normalized spacial score (nSPS) is 19.9. The highest BCUT2D eigenvalue weighted by Gasteiger charge is 2.40. The molecule has 0 aliphatic carbocycles. The molecule has 16 heteroatoms. The van der Waals surface area contributed by atoms with Gasteiger partial charge in [-0.25, -0.2) is 28.2 Å². The van der Waals surface area contributed by atoms with Crippen LogP contribution in [0.4, 0.5) is 5.82 Å². The smallest absolute Gasteiger partial charge is 0.353 e. The number of nitrogens with one attached hydrogen (secondary N) is 1. The molecule has 0 saturated carbocycles. The monoisotopic (exact) mass is 594 g/mol. The molecule has 0 radical (unpaired) electrons. The Morgan fingerprint density at radius 1 is 1.20 bits per heavy atom. The average Bonchev–Trinajstić information content (AvgIpc) is 3.51. The van der Waals surface area contributed by atoms with Crippen molar-refractivity contribution in [2.75, 3.05) is 31.5 Å². The maximum atomic E-state index is 12.9. The highest BCUT2D eigenvalue weighted by Crippen LogP contribution is 2.50. The van der Waals surface area contributed by atoms with Gasteiger partial charge in [-0.05, 0) is 32.1 Å². The summed E-state index contributed by atoms with van der Waals surface area (Å²) in [5.41, 5.74) is 0.969. The number of imidazole rings is 1. The van der Waals surface area contributed by atoms with E-state index in [2.05, 4.69) is 19.8 Å². The molecule has 0 amide bonds. The van der Waals surface area contributed by atoms with Gasteiger partial charge in [-0.2, -0.15) is 0 Å². The molecule has 14 nitrogen and oxygen atoms in total. The summed E-state index contributed by atoms with van der Waals surface area (Å²) in [6, 6.07) is 8.53. The van der Waals surface area contributed by atoms with Crippen LogP contribution in [0.15, 0.2) is 54.9 Å². The number of carbonyl (C=O) groups is 1. The number of hydrogen-bond acceptors (Lipinski definition) is 12. The summed E-state index contributed by atoms with van der Waals surface area (Å²) in [4.78, 5) is 28.1. The number of carbonyl (C=O) groups excluding carboxylic acids is 1. The first-order valence-corrected chi connectivity index (χ1v) is 15.9. The standard InChI is InChI=1S/C24H31N6O8PS/c1-5-35-39(32,36-6-2)13-12-18-14-19(38-24(31)17-10-8-7-9-11-17)23(37-18)30-16-27-20-21(25-15-26-22(20)30)29(3)28-40(4,33)34/h7-13,15-16,18-19,23,28H,5-6,14H2,1-4H3/b13-12+/t18-,19?,23-/m1/s1. The number of aromatic nitrogens is 4. The zero-order valence-electron chi connectivity index (χ0n) is 22.4. The minimum absolute atomic E-state index is 0.193. The molecule has 1 aliphatic heterocycles. The van der Waals surface area contributed by atoms with Gasteiger partial charge in [0.2, 0.25) is 10.0 Å². The second kappa shape index (κ2) is 12.5. The van der Waals surface area contributed by atoms with Gasteiger partial charge in [0.15, 0.2) is 29.3 Å². The quantitative estimate of drug-likeness (QED) is 0.185. The fraction of sp³-hybridized carbons (Fsp3) is 0.417. The Morgan fingerprint density at radius 2 is 1.90 bits per heavy atom. The second-order valence-corrected chi connectivity index (χ2v) is 12.4. The Kier molecular flexibility index (Phi) is 9.33. The Bertz CT molecular complexity index is 1510. The van der Waals surface area contributed by atoms with E-state index in [0.717, 1.165) is 6.26 Å². The number of nitrogens with zero attached hydrogens (tertiary/aromatic N) is 5. The van der Waals surface area contributed by atoms with Crippen molar-refractivity contribution < 1.29 is 36.3 Å². The molecule has 3 aromatic rings. The predicted molar refractivity (Wildman–Crippen MR) is 146 cm³/mol. The maximum absolute atomic E-state index is 12.9. The van der Waals surface area contributed by atoms with Crippen LogP contribution in [0.25, 0.3) is 11.2 Å². The molecular formula is C24H31N6O8PS. The molecule has 40 heavy (non-hydrogen) atoms. The SMILES string of the molecule is CCOP(=O)(/C=C/[C@@H]1CC(OC(=O)c2ccccc2)[C@H](n2cnc3c(N(C)NS(C)(=O)=O)ncnc32)O1)OCC. The van der Waals surface area contributed by atoms with E-state index < -0.39 is 42.0 Å². The molecule has 3 atom stereocenters. The van der Waals surface area contributed by atoms with Gasteiger partial charge in [-0.1, -0.05) is 18.2 Å². The number of hydrazine groups is 1. The van der Waals surface area contributed by atoms with Crippen LogP contribution >= 0.6 is 7.60 Å². The molecule has 1 saturated heterocycles. The van der Waals surface area contributed by atoms with Gasteiger partial charge in [-0.3, -0.25) is 14.1 Å². The van der Waals surface area contributed by atoms with Crippen LogP contribution in [-0.2, 0) is 33.1 Å². The lowest BCUT2D eigenvalue weighted by atomic mass is 10.2. The van der Waals surface area contributed by atoms with E-state index in [-0.39, 0.29) is 31.0 Å². The third-order valence-electron chi connectivity index (χ3n) is 5.70. The van der Waals surface area contributed by atoms with E-state index in [0.29, 0.717) is 11.2 Å². The zero-order chi connectivity index (χ0) is 28.9. The highest BCUT2D eigenvalue weighted by atomic mass is 32.2. The molecule has 0 bridgehead atoms. The van der Waals surface area contributed by atoms with Crippen LogP contribution in [0, 0.1) is 0 Å². The number of ether oxygens (including phenoxy) is 2. The topological polar surface area (TPSA) is 164 Å². The van der Waals surface area contributed by atoms with Crippen molar-refractivity contribution in [3.63, 3.8) is 0 Å². The second-order valence-electron chi connectivity index (χ2n) is 8.77. The minimum Gasteiger partial charge on any atom is -0.454 e. The van der Waals surface area contributed by atoms with Gasteiger partial charge in [0, 0.05) is 19.3 Å². The van der Waals surface area contributed by atoms with Gasteiger partial charge < -0.3 is 18.5 Å². The summed E-state index contributed by atoms with van der Waals surface area (Å²) in [5.74, 6) is 1.01. The van der Waals surface area contributed by atoms with Crippen LogP contribution < -0.4 is 9.84 Å². The van der Waals surface area contributed by atoms with Crippen molar-refractivity contribution in [1.82, 2.24) is 24.4 Å². The van der Waals surface area contributed by atoms with Crippen molar-refractivity contribution in [1.29, 1.82) is 0 Å². The van der Waals surface area contributed by atoms with Gasteiger partial charge >= 0.3 is 13.6 Å². The van der Waals surface area contributed by atoms with Crippen molar-refractivity contribution in [3.05, 3.63) is 60.4 Å². The zero-order valence-corrected chi connectivity index (χ0v) is 24.1. The van der Waals surface area contributed by atoms with Crippen LogP contribution in [0.3, 0.4) is 0 Å². The van der Waals surface area contributed by atoms with Gasteiger partial charge in [0.05, 0.1) is 37.5 Å². The van der Waals surface area contributed by atoms with E-state index in [1.165, 1.54) is 30.5 Å². The molecule has 1 unspecified atom stereocenters. The van der Waals surface area contributed by atoms with E-state index >= 15 is 0 Å². The molecular weight excluding hydrogens is 563 g/mol. The van der Waals surface area contributed by atoms with Gasteiger partial charge in [0.1, 0.15) is 6.33 Å². The molecule has 1 aliphatic rings. The van der Waals surface area contributed by atoms with E-state index in [1.54, 1.807) is 54.8 Å². The van der Waals surface area contributed by atoms with Crippen LogP contribution in [-0.4, -0.2) is 72.6 Å². The lowest BCUT2D eigenvalue weighted by molar-refractivity contribution is -0.0381. The number of anilines is 1. The lowest BCUT2D eigenvalue weighted by Gasteiger charge is -2.21. The van der Waals surface area contributed by atoms with Crippen molar-refractivity contribution >= 4 is 40.6 Å². The van der Waals surface area contributed by atoms with Crippen molar-refractivity contribution in [2.24, 2.45) is 0 Å². The lowest BCUT2D eigenvalue weighted by Crippen LogP contribution is -2.39. The number of hydrogen-bond donors (Lipinski definition) is 1. The van der Waals surface area contributed by atoms with Crippen LogP contribution in [0.2, 0.25) is 0 Å². The molecule has 1 N–H and O–H groups in total. The summed E-state index contributed by atoms with van der Waals surface area (Å²) >= 11 is 0. The summed E-state index contributed by atoms with van der Waals surface area (Å²) in [5, 5.41) is 1.21. The largest absolute Gasteiger partial charge is 0.454 e. The maximum Gasteiger partial charge on any atom is 0.353 e. The fourth-order valence-corrected chi connectivity index (χ4v) is 6.12. The molecule has 4 rings (SSSR count). The number of esters is 1. The fourth-order valence-electron chi connectivity index (χ4n) is 4.17. The number of fused-ring (bicyclic) bond motifs is 1. The Morgan fingerprint density at radius 3 is 2.55 bits per heavy atom. The van der Waals surface area contributed by atoms with Crippen molar-refractivity contribution in [3.8, 4) is 0 Å². The third kappa shape index (κ3) is 7.11. The highest BCUT2D eigenvalue weighted by molar-refractivity contribution is 7.88. The average molecular weight is 595 g/mol. The van der Waals surface area contributed by atoms with Crippen molar-refractivity contribution in [2.45, 2.75) is 38.7 Å². The molecule has 0 spiro atoms. The summed E-state index contributed by atoms with van der Waals surface area (Å²) in [6.45, 7) is 3.81. The van der Waals surface area contributed by atoms with Gasteiger partial charge in [-0.15, -0.1) is 4.83 Å². The van der Waals surface area contributed by atoms with E-state index in [9.17, 15) is 17.8 Å². The molecule has 1 aromatic carbocycles. The summed E-state index contributed by atoms with van der Waals surface area (Å²) < 4.78 is 60.8. The Hall–Kier alpha value is -3.20. The molecule has 3 heterocycles. The Labute approximate surface area is 231 Å². The van der Waals surface area contributed by atoms with E-state index in [1.807, 2.05) is 0 Å². The van der Waals surface area contributed by atoms with E-state index in [4.69, 9.17) is 18.5 Å². The first-order valence-electron chi connectivity index (χ1n) is 12.4. The van der Waals surface area contributed by atoms with Crippen LogP contribution in [0.5, 0.6) is 0 Å². The predicted octanol–water partition coefficient (Wildman–Crippen LogP) is 3.02. The Balaban J connectivity index is 1.67. The van der Waals surface area contributed by atoms with Gasteiger partial charge in [0.25, 0.3) is 0 Å². The third-order valence-corrected chi connectivity index (χ3v) is 8.08. The molecule has 2 aromatic heterocycles. The molecule has 216 valence electrons. The summed E-state index contributed by atoms with van der Waals surface area (Å²) in [6.07, 6.45) is 3.23. The minimum atomic E-state index is -3.58. The number of rotatable bonds is 12. The summed E-state index contributed by atoms with van der Waals surface area (Å²) in [7, 11) is -5.59. The number of sulfonamides is 1. The number of benzene rings is 1.